The van der Waals surface area contributed by atoms with Crippen LogP contribution in [0.3, 0.4) is 0 Å². The molecule has 6 heteroatoms. The molecule has 0 saturated carbocycles. The number of carbonyl (C=O) groups excluding carboxylic acids is 2. The molecule has 26 heavy (non-hydrogen) atoms. The van der Waals surface area contributed by atoms with E-state index in [0.29, 0.717) is 25.0 Å². The molecule has 0 bridgehead atoms. The van der Waals surface area contributed by atoms with Crippen LogP contribution in [0.1, 0.15) is 46.5 Å². The van der Waals surface area contributed by atoms with Gasteiger partial charge in [-0.1, -0.05) is 33.6 Å². The predicted octanol–water partition coefficient (Wildman–Crippen LogP) is 2.81. The van der Waals surface area contributed by atoms with Crippen molar-refractivity contribution in [3.8, 4) is 0 Å². The Bertz CT molecular complexity index is 430. The van der Waals surface area contributed by atoms with Crippen molar-refractivity contribution in [1.82, 2.24) is 4.90 Å². The van der Waals surface area contributed by atoms with Gasteiger partial charge in [0.25, 0.3) is 0 Å². The minimum Gasteiger partial charge on any atom is -0.463 e. The van der Waals surface area contributed by atoms with Gasteiger partial charge in [0.2, 0.25) is 0 Å². The van der Waals surface area contributed by atoms with E-state index in [1.54, 1.807) is 0 Å². The first-order chi connectivity index (χ1) is 12.5. The van der Waals surface area contributed by atoms with Crippen LogP contribution in [0, 0.1) is 11.8 Å². The highest BCUT2D eigenvalue weighted by atomic mass is 16.5. The Hall–Kier alpha value is -1.40. The van der Waals surface area contributed by atoms with Gasteiger partial charge in [0, 0.05) is 25.2 Å². The molecular formula is C20H35NO5. The monoisotopic (exact) mass is 369 g/mol. The fourth-order valence-corrected chi connectivity index (χ4v) is 2.43. The van der Waals surface area contributed by atoms with Gasteiger partial charge in [-0.3, -0.25) is 4.90 Å². The van der Waals surface area contributed by atoms with Crippen LogP contribution >= 0.6 is 0 Å². The van der Waals surface area contributed by atoms with Gasteiger partial charge in [-0.2, -0.15) is 0 Å². The van der Waals surface area contributed by atoms with Crippen LogP contribution in [0.25, 0.3) is 0 Å². The fourth-order valence-electron chi connectivity index (χ4n) is 2.43. The molecule has 1 aliphatic heterocycles. The number of rotatable bonds is 12. The van der Waals surface area contributed by atoms with Crippen molar-refractivity contribution in [2.24, 2.45) is 11.8 Å². The lowest BCUT2D eigenvalue weighted by Crippen LogP contribution is -2.36. The van der Waals surface area contributed by atoms with Crippen LogP contribution in [0.4, 0.5) is 0 Å². The lowest BCUT2D eigenvalue weighted by atomic mass is 9.99. The lowest BCUT2D eigenvalue weighted by Gasteiger charge is -2.26. The van der Waals surface area contributed by atoms with Crippen LogP contribution in [0.2, 0.25) is 0 Å². The van der Waals surface area contributed by atoms with Crippen molar-refractivity contribution in [3.05, 3.63) is 12.2 Å². The summed E-state index contributed by atoms with van der Waals surface area (Å²) < 4.78 is 15.5. The second kappa shape index (κ2) is 13.8. The van der Waals surface area contributed by atoms with Crippen molar-refractivity contribution in [2.45, 2.75) is 46.5 Å². The van der Waals surface area contributed by atoms with Crippen molar-refractivity contribution in [2.75, 3.05) is 46.1 Å². The maximum atomic E-state index is 11.6. The summed E-state index contributed by atoms with van der Waals surface area (Å²) in [5, 5.41) is 0. The standard InChI is InChI=1S/C20H35NO5/c1-17(2)18(3)16-26-20(23)9-8-19(22)25-13-7-5-4-6-10-21-11-14-24-15-12-21/h8-9,17-18H,4-7,10-16H2,1-3H3/b9-8+. The number of nitrogens with zero attached hydrogens (tertiary/aromatic N) is 1. The molecule has 1 aliphatic rings. The van der Waals surface area contributed by atoms with Crippen molar-refractivity contribution in [1.29, 1.82) is 0 Å². The van der Waals surface area contributed by atoms with E-state index in [9.17, 15) is 9.59 Å². The van der Waals surface area contributed by atoms with Gasteiger partial charge in [0.05, 0.1) is 26.4 Å². The Morgan fingerprint density at radius 2 is 1.58 bits per heavy atom. The third-order valence-corrected chi connectivity index (χ3v) is 4.70. The van der Waals surface area contributed by atoms with E-state index < -0.39 is 11.9 Å². The summed E-state index contributed by atoms with van der Waals surface area (Å²) in [5.41, 5.74) is 0. The van der Waals surface area contributed by atoms with Crippen LogP contribution < -0.4 is 0 Å². The first kappa shape index (κ1) is 22.6. The normalized spacial score (nSPS) is 16.8. The Morgan fingerprint density at radius 1 is 0.962 bits per heavy atom. The average molecular weight is 370 g/mol. The third-order valence-electron chi connectivity index (χ3n) is 4.70. The Morgan fingerprint density at radius 3 is 2.23 bits per heavy atom. The molecule has 0 radical (unpaired) electrons. The van der Waals surface area contributed by atoms with Crippen LogP contribution in [0.5, 0.6) is 0 Å². The summed E-state index contributed by atoms with van der Waals surface area (Å²) in [6.07, 6.45) is 6.45. The minimum atomic E-state index is -0.502. The molecule has 0 aliphatic carbocycles. The van der Waals surface area contributed by atoms with E-state index >= 15 is 0 Å². The number of unbranched alkanes of at least 4 members (excludes halogenated alkanes) is 3. The molecule has 0 aromatic carbocycles. The van der Waals surface area contributed by atoms with E-state index in [1.807, 2.05) is 6.92 Å². The lowest BCUT2D eigenvalue weighted by molar-refractivity contribution is -0.141. The quantitative estimate of drug-likeness (QED) is 0.299. The summed E-state index contributed by atoms with van der Waals surface area (Å²) in [4.78, 5) is 25.5. The largest absolute Gasteiger partial charge is 0.463 e. The smallest absolute Gasteiger partial charge is 0.331 e. The van der Waals surface area contributed by atoms with E-state index in [-0.39, 0.29) is 0 Å². The fraction of sp³-hybridized carbons (Fsp3) is 0.800. The van der Waals surface area contributed by atoms with Gasteiger partial charge in [0.1, 0.15) is 0 Å². The third kappa shape index (κ3) is 11.3. The summed E-state index contributed by atoms with van der Waals surface area (Å²) in [6, 6.07) is 0. The summed E-state index contributed by atoms with van der Waals surface area (Å²) in [5.74, 6) is -0.252. The van der Waals surface area contributed by atoms with E-state index in [1.165, 1.54) is 0 Å². The molecular weight excluding hydrogens is 334 g/mol. The molecule has 1 rings (SSSR count). The molecule has 1 fully saturated rings. The number of morpholine rings is 1. The Kier molecular flexibility index (Phi) is 12.0. The second-order valence-corrected chi connectivity index (χ2v) is 7.22. The first-order valence-corrected chi connectivity index (χ1v) is 9.80. The van der Waals surface area contributed by atoms with Gasteiger partial charge >= 0.3 is 11.9 Å². The van der Waals surface area contributed by atoms with Gasteiger partial charge in [-0.05, 0) is 31.2 Å². The van der Waals surface area contributed by atoms with Crippen LogP contribution in [-0.4, -0.2) is 62.9 Å². The van der Waals surface area contributed by atoms with Gasteiger partial charge in [0.15, 0.2) is 0 Å². The number of hydrogen-bond acceptors (Lipinski definition) is 6. The Labute approximate surface area is 157 Å². The molecule has 1 heterocycles. The zero-order chi connectivity index (χ0) is 19.2. The molecule has 1 atom stereocenters. The molecule has 0 aromatic heterocycles. The highest BCUT2D eigenvalue weighted by Crippen LogP contribution is 2.09. The maximum Gasteiger partial charge on any atom is 0.331 e. The van der Waals surface area contributed by atoms with Crippen molar-refractivity contribution >= 4 is 11.9 Å². The Balaban J connectivity index is 1.97. The molecule has 1 unspecified atom stereocenters. The molecule has 1 saturated heterocycles. The topological polar surface area (TPSA) is 65.1 Å². The summed E-state index contributed by atoms with van der Waals surface area (Å²) in [7, 11) is 0. The van der Waals surface area contributed by atoms with Gasteiger partial charge in [-0.15, -0.1) is 0 Å². The minimum absolute atomic E-state index is 0.294. The summed E-state index contributed by atoms with van der Waals surface area (Å²) in [6.45, 7) is 11.8. The molecule has 150 valence electrons. The number of carbonyl (C=O) groups is 2. The molecule has 0 N–H and O–H groups in total. The number of hydrogen-bond donors (Lipinski definition) is 0. The zero-order valence-electron chi connectivity index (χ0n) is 16.6. The summed E-state index contributed by atoms with van der Waals surface area (Å²) >= 11 is 0. The van der Waals surface area contributed by atoms with E-state index in [4.69, 9.17) is 14.2 Å². The zero-order valence-corrected chi connectivity index (χ0v) is 16.6. The van der Waals surface area contributed by atoms with Crippen LogP contribution in [0.15, 0.2) is 12.2 Å². The highest BCUT2D eigenvalue weighted by molar-refractivity contribution is 5.91. The highest BCUT2D eigenvalue weighted by Gasteiger charge is 2.10. The van der Waals surface area contributed by atoms with E-state index in [0.717, 1.165) is 70.7 Å². The van der Waals surface area contributed by atoms with Gasteiger partial charge < -0.3 is 14.2 Å². The van der Waals surface area contributed by atoms with Crippen molar-refractivity contribution in [3.63, 3.8) is 0 Å². The van der Waals surface area contributed by atoms with Crippen molar-refractivity contribution < 1.29 is 23.8 Å². The molecule has 0 amide bonds. The van der Waals surface area contributed by atoms with Gasteiger partial charge in [-0.25, -0.2) is 9.59 Å². The molecule has 0 aromatic rings. The number of esters is 2. The number of ether oxygens (including phenoxy) is 3. The SMILES string of the molecule is CC(C)C(C)COC(=O)/C=C/C(=O)OCCCCCCN1CCOCC1. The van der Waals surface area contributed by atoms with Crippen LogP contribution in [-0.2, 0) is 23.8 Å². The maximum absolute atomic E-state index is 11.6. The first-order valence-electron chi connectivity index (χ1n) is 9.80. The molecule has 6 nitrogen and oxygen atoms in total. The average Bonchev–Trinajstić information content (AvgIpc) is 2.64. The van der Waals surface area contributed by atoms with E-state index in [2.05, 4.69) is 18.7 Å². The molecule has 0 spiro atoms. The predicted molar refractivity (Wildman–Crippen MR) is 101 cm³/mol. The second-order valence-electron chi connectivity index (χ2n) is 7.22.